The van der Waals surface area contributed by atoms with E-state index in [1.807, 2.05) is 0 Å². The van der Waals surface area contributed by atoms with Gasteiger partial charge in [0.15, 0.2) is 0 Å². The highest BCUT2D eigenvalue weighted by Crippen LogP contribution is 2.32. The van der Waals surface area contributed by atoms with Crippen molar-refractivity contribution in [1.82, 2.24) is 5.32 Å². The van der Waals surface area contributed by atoms with Crippen molar-refractivity contribution in [2.24, 2.45) is 0 Å². The van der Waals surface area contributed by atoms with Gasteiger partial charge in [0.1, 0.15) is 5.72 Å². The molecule has 2 N–H and O–H groups in total. The predicted octanol–water partition coefficient (Wildman–Crippen LogP) is 6.04. The number of unbranched alkanes of at least 4 members (excludes halogenated alkanes) is 10. The van der Waals surface area contributed by atoms with E-state index >= 15 is 0 Å². The van der Waals surface area contributed by atoms with Gasteiger partial charge >= 0.3 is 5.97 Å². The van der Waals surface area contributed by atoms with Crippen molar-refractivity contribution >= 4 is 5.97 Å². The Labute approximate surface area is 161 Å². The number of carboxylic acid groups (broad SMARTS) is 1. The molecule has 4 heteroatoms. The van der Waals surface area contributed by atoms with Gasteiger partial charge in [-0.3, -0.25) is 10.1 Å². The van der Waals surface area contributed by atoms with Gasteiger partial charge in [-0.25, -0.2) is 0 Å². The number of nitrogens with one attached hydrogen (secondary N) is 1. The van der Waals surface area contributed by atoms with Crippen LogP contribution in [0.15, 0.2) is 0 Å². The average Bonchev–Trinajstić information content (AvgIpc) is 2.88. The molecule has 1 saturated heterocycles. The zero-order valence-corrected chi connectivity index (χ0v) is 17.6. The quantitative estimate of drug-likeness (QED) is 0.326. The van der Waals surface area contributed by atoms with E-state index in [1.165, 1.54) is 64.2 Å². The van der Waals surface area contributed by atoms with Crippen LogP contribution in [-0.4, -0.2) is 28.9 Å². The lowest BCUT2D eigenvalue weighted by molar-refractivity contribution is -0.137. The van der Waals surface area contributed by atoms with Gasteiger partial charge in [-0.05, 0) is 46.0 Å². The van der Waals surface area contributed by atoms with Gasteiger partial charge < -0.3 is 9.84 Å². The summed E-state index contributed by atoms with van der Waals surface area (Å²) in [6.07, 6.45) is 17.1. The van der Waals surface area contributed by atoms with Crippen LogP contribution in [0.3, 0.4) is 0 Å². The van der Waals surface area contributed by atoms with Crippen LogP contribution in [0.1, 0.15) is 117 Å². The topological polar surface area (TPSA) is 58.6 Å². The molecule has 0 aromatic carbocycles. The first-order chi connectivity index (χ1) is 12.4. The number of hydrogen-bond donors (Lipinski definition) is 2. The molecule has 0 aromatic rings. The van der Waals surface area contributed by atoms with E-state index in [-0.39, 0.29) is 11.3 Å². The molecule has 1 atom stereocenters. The molecule has 0 aliphatic carbocycles. The number of rotatable bonds is 16. The SMILES string of the molecule is CCCCCCC1(CCCCCCCCCCC(=O)O)NC(C)(C)CO1. The Morgan fingerprint density at radius 2 is 1.38 bits per heavy atom. The Hall–Kier alpha value is -0.610. The van der Waals surface area contributed by atoms with Gasteiger partial charge in [-0.15, -0.1) is 0 Å². The first-order valence-corrected chi connectivity index (χ1v) is 11.0. The van der Waals surface area contributed by atoms with Gasteiger partial charge in [-0.1, -0.05) is 64.7 Å². The van der Waals surface area contributed by atoms with E-state index in [1.54, 1.807) is 0 Å². The summed E-state index contributed by atoms with van der Waals surface area (Å²) in [6.45, 7) is 7.56. The van der Waals surface area contributed by atoms with Crippen molar-refractivity contribution in [3.63, 3.8) is 0 Å². The molecule has 1 fully saturated rings. The molecule has 1 heterocycles. The maximum Gasteiger partial charge on any atom is 0.303 e. The minimum Gasteiger partial charge on any atom is -0.481 e. The standard InChI is InChI=1S/C22H43NO3/c1-4-5-6-14-17-22(23-21(2,3)19-26-22)18-15-12-10-8-7-9-11-13-16-20(24)25/h23H,4-19H2,1-3H3,(H,24,25). The third-order valence-electron chi connectivity index (χ3n) is 5.43. The summed E-state index contributed by atoms with van der Waals surface area (Å²) < 4.78 is 6.27. The van der Waals surface area contributed by atoms with E-state index in [2.05, 4.69) is 26.1 Å². The number of carboxylic acids is 1. The summed E-state index contributed by atoms with van der Waals surface area (Å²) in [7, 11) is 0. The third kappa shape index (κ3) is 10.5. The summed E-state index contributed by atoms with van der Waals surface area (Å²) >= 11 is 0. The molecule has 154 valence electrons. The molecular weight excluding hydrogens is 326 g/mol. The van der Waals surface area contributed by atoms with Gasteiger partial charge in [0, 0.05) is 12.0 Å². The first-order valence-electron chi connectivity index (χ1n) is 11.0. The van der Waals surface area contributed by atoms with Crippen molar-refractivity contribution in [3.8, 4) is 0 Å². The Bertz CT molecular complexity index is 384. The molecular formula is C22H43NO3. The van der Waals surface area contributed by atoms with Crippen LogP contribution in [-0.2, 0) is 9.53 Å². The lowest BCUT2D eigenvalue weighted by atomic mass is 9.95. The Morgan fingerprint density at radius 1 is 0.885 bits per heavy atom. The molecule has 1 rings (SSSR count). The molecule has 1 aliphatic rings. The normalized spacial score (nSPS) is 22.0. The van der Waals surface area contributed by atoms with Crippen LogP contribution in [0.2, 0.25) is 0 Å². The highest BCUT2D eigenvalue weighted by Gasteiger charge is 2.42. The molecule has 0 bridgehead atoms. The Morgan fingerprint density at radius 3 is 1.85 bits per heavy atom. The maximum atomic E-state index is 10.5. The molecule has 0 amide bonds. The minimum absolute atomic E-state index is 0.0892. The van der Waals surface area contributed by atoms with E-state index in [4.69, 9.17) is 9.84 Å². The highest BCUT2D eigenvalue weighted by molar-refractivity contribution is 5.66. The predicted molar refractivity (Wildman–Crippen MR) is 108 cm³/mol. The second-order valence-electron chi connectivity index (χ2n) is 8.82. The molecule has 0 radical (unpaired) electrons. The molecule has 4 nitrogen and oxygen atoms in total. The smallest absolute Gasteiger partial charge is 0.303 e. The Balaban J connectivity index is 2.13. The Kier molecular flexibility index (Phi) is 11.5. The van der Waals surface area contributed by atoms with Crippen molar-refractivity contribution in [2.75, 3.05) is 6.61 Å². The van der Waals surface area contributed by atoms with Crippen LogP contribution in [0.25, 0.3) is 0 Å². The molecule has 0 saturated carbocycles. The molecule has 1 aliphatic heterocycles. The maximum absolute atomic E-state index is 10.5. The van der Waals surface area contributed by atoms with Crippen molar-refractivity contribution in [2.45, 2.75) is 128 Å². The lowest BCUT2D eigenvalue weighted by Gasteiger charge is -2.31. The van der Waals surface area contributed by atoms with Crippen molar-refractivity contribution in [1.29, 1.82) is 0 Å². The van der Waals surface area contributed by atoms with E-state index in [0.717, 1.165) is 32.3 Å². The van der Waals surface area contributed by atoms with Crippen LogP contribution >= 0.6 is 0 Å². The van der Waals surface area contributed by atoms with Crippen LogP contribution in [0.5, 0.6) is 0 Å². The lowest BCUT2D eigenvalue weighted by Crippen LogP contribution is -2.48. The largest absolute Gasteiger partial charge is 0.481 e. The number of ether oxygens (including phenoxy) is 1. The fourth-order valence-corrected chi connectivity index (χ4v) is 3.99. The van der Waals surface area contributed by atoms with Crippen molar-refractivity contribution in [3.05, 3.63) is 0 Å². The second kappa shape index (κ2) is 12.7. The molecule has 1 unspecified atom stereocenters. The van der Waals surface area contributed by atoms with E-state index in [0.29, 0.717) is 6.42 Å². The van der Waals surface area contributed by atoms with Gasteiger partial charge in [0.25, 0.3) is 0 Å². The summed E-state index contributed by atoms with van der Waals surface area (Å²) in [5.74, 6) is -0.667. The summed E-state index contributed by atoms with van der Waals surface area (Å²) in [5.41, 5.74) is 0.00871. The van der Waals surface area contributed by atoms with E-state index in [9.17, 15) is 4.79 Å². The zero-order chi connectivity index (χ0) is 19.3. The van der Waals surface area contributed by atoms with Gasteiger partial charge in [0.2, 0.25) is 0 Å². The van der Waals surface area contributed by atoms with Crippen LogP contribution < -0.4 is 5.32 Å². The van der Waals surface area contributed by atoms with Crippen LogP contribution in [0, 0.1) is 0 Å². The number of carbonyl (C=O) groups is 1. The average molecular weight is 370 g/mol. The van der Waals surface area contributed by atoms with Crippen molar-refractivity contribution < 1.29 is 14.6 Å². The molecule has 0 spiro atoms. The third-order valence-corrected chi connectivity index (χ3v) is 5.43. The fraction of sp³-hybridized carbons (Fsp3) is 0.955. The minimum atomic E-state index is -0.667. The fourth-order valence-electron chi connectivity index (χ4n) is 3.99. The molecule has 26 heavy (non-hydrogen) atoms. The highest BCUT2D eigenvalue weighted by atomic mass is 16.5. The first kappa shape index (κ1) is 23.4. The monoisotopic (exact) mass is 369 g/mol. The number of aliphatic carboxylic acids is 1. The van der Waals surface area contributed by atoms with Gasteiger partial charge in [0.05, 0.1) is 6.61 Å². The van der Waals surface area contributed by atoms with Gasteiger partial charge in [-0.2, -0.15) is 0 Å². The molecule has 0 aromatic heterocycles. The summed E-state index contributed by atoms with van der Waals surface area (Å²) in [5, 5.41) is 12.4. The van der Waals surface area contributed by atoms with E-state index < -0.39 is 5.97 Å². The summed E-state index contributed by atoms with van der Waals surface area (Å²) in [6, 6.07) is 0. The van der Waals surface area contributed by atoms with Crippen LogP contribution in [0.4, 0.5) is 0 Å². The second-order valence-corrected chi connectivity index (χ2v) is 8.82. The summed E-state index contributed by atoms with van der Waals surface area (Å²) in [4.78, 5) is 10.5. The zero-order valence-electron chi connectivity index (χ0n) is 17.6. The number of hydrogen-bond acceptors (Lipinski definition) is 3.